The number of non-ortho nitro benzene ring substituents is 1. The van der Waals surface area contributed by atoms with Crippen LogP contribution in [0.1, 0.15) is 0 Å². The molecule has 92 heavy (non-hydrogen) atoms. The first-order valence-electron chi connectivity index (χ1n) is 23.9. The number of nitrogens with zero attached hydrogens (tertiary/aromatic N) is 11. The predicted molar refractivity (Wildman–Crippen MR) is 312 cm³/mol. The van der Waals surface area contributed by atoms with Crippen molar-refractivity contribution in [1.82, 2.24) is 9.78 Å². The van der Waals surface area contributed by atoms with Gasteiger partial charge >= 0.3 is 0 Å². The minimum absolute atomic E-state index is 0.0354. The summed E-state index contributed by atoms with van der Waals surface area (Å²) in [6.45, 7) is 0. The summed E-state index contributed by atoms with van der Waals surface area (Å²) >= 11 is -0.0428. The number of azo groups is 4. The minimum atomic E-state index is -5.74. The highest BCUT2D eigenvalue weighted by Gasteiger charge is 2.31. The van der Waals surface area contributed by atoms with E-state index in [2.05, 4.69) is 55.4 Å². The van der Waals surface area contributed by atoms with Gasteiger partial charge in [-0.25, -0.2) is 5.26 Å². The van der Waals surface area contributed by atoms with Crippen LogP contribution in [0.4, 0.5) is 56.9 Å². The number of anilines is 1. The number of phenolic OH excluding ortho intramolecular Hbond substituents is 2. The largest absolute Gasteiger partial charge is 0.505 e. The Morgan fingerprint density at radius 3 is 1.64 bits per heavy atom. The fourth-order valence-corrected chi connectivity index (χ4v) is 12.9. The highest BCUT2D eigenvalue weighted by Crippen LogP contribution is 2.51. The number of phenols is 2. The number of rotatable bonds is 20. The van der Waals surface area contributed by atoms with Crippen LogP contribution in [0.3, 0.4) is 0 Å². The van der Waals surface area contributed by atoms with Crippen LogP contribution in [0.15, 0.2) is 197 Å². The molecule has 0 atom stereocenters. The Balaban J connectivity index is 1.13. The third-order valence-corrected chi connectivity index (χ3v) is 18.4. The maximum absolute atomic E-state index is 13.2. The van der Waals surface area contributed by atoms with E-state index in [1.165, 1.54) is 24.3 Å². The summed E-state index contributed by atoms with van der Waals surface area (Å²) in [5, 5.41) is 89.3. The molecule has 0 spiro atoms. The number of nitrogen functional groups attached to an aromatic ring is 1. The number of nitrogens with two attached hydrogens (primary N) is 1. The lowest BCUT2D eigenvalue weighted by Crippen LogP contribution is -2.03. The standard InChI is InChI=1S/C47H32N12O26S7/c48-39-32(20-34(88(69,70)71)28-18-33(86-85-84-65)41(45(61)38(28)39)54-50-30-14-9-24(59(63)64)17-36(30)90(75,76)77)53-52-31-15-12-26-27(46(31)92(81,82)83)19-37(91(78,79)80)42(44(26)60)55-49-22-6-13-29(35(16-22)89(72,73)74)51-56-43-40(21-4-2-1-3-5-21)57-58(47(43)62)23-7-10-25(11-8-23)87(66,67)68/h1-20,60-62,65H,48H2,(H,66,67,68)(H,69,70,71)(H,72,73,74)(H,75,76,77)(H,78,79,80)(H,81,82,83). The van der Waals surface area contributed by atoms with Crippen molar-refractivity contribution >= 4 is 151 Å². The number of benzene rings is 8. The van der Waals surface area contributed by atoms with E-state index >= 15 is 0 Å². The Labute approximate surface area is 517 Å². The maximum atomic E-state index is 13.2. The van der Waals surface area contributed by atoms with E-state index in [0.717, 1.165) is 47.1 Å². The van der Waals surface area contributed by atoms with Gasteiger partial charge in [0, 0.05) is 33.9 Å². The summed E-state index contributed by atoms with van der Waals surface area (Å²) in [7, 11) is -32.2. The first kappa shape index (κ1) is 66.6. The van der Waals surface area contributed by atoms with E-state index in [9.17, 15) is 103 Å². The van der Waals surface area contributed by atoms with Crippen LogP contribution in [0.2, 0.25) is 0 Å². The van der Waals surface area contributed by atoms with Crippen LogP contribution in [0.5, 0.6) is 17.4 Å². The molecular weight excluding hydrogens is 1370 g/mol. The molecule has 9 rings (SSSR count). The summed E-state index contributed by atoms with van der Waals surface area (Å²) in [4.78, 5) is 2.89. The molecule has 45 heteroatoms. The van der Waals surface area contributed by atoms with Gasteiger partial charge in [0.1, 0.15) is 64.3 Å². The summed E-state index contributed by atoms with van der Waals surface area (Å²) < 4.78 is 218. The molecule has 478 valence electrons. The Morgan fingerprint density at radius 2 is 1.07 bits per heavy atom. The van der Waals surface area contributed by atoms with Crippen LogP contribution in [0, 0.1) is 10.1 Å². The van der Waals surface area contributed by atoms with E-state index < -0.39 is 196 Å². The number of nitro groups is 1. The lowest BCUT2D eigenvalue weighted by molar-refractivity contribution is -0.432. The van der Waals surface area contributed by atoms with Gasteiger partial charge in [0.25, 0.3) is 66.4 Å². The van der Waals surface area contributed by atoms with Gasteiger partial charge in [-0.1, -0.05) is 35.4 Å². The number of aromatic nitrogens is 2. The molecule has 0 aliphatic rings. The van der Waals surface area contributed by atoms with E-state index in [4.69, 9.17) is 11.0 Å². The molecule has 0 unspecified atom stereocenters. The average molecular weight is 1410 g/mol. The number of nitro benzene ring substituents is 1. The molecule has 0 fully saturated rings. The fourth-order valence-electron chi connectivity index (χ4n) is 8.45. The molecule has 1 heterocycles. The first-order chi connectivity index (χ1) is 42.9. The molecule has 0 bridgehead atoms. The van der Waals surface area contributed by atoms with Gasteiger partial charge in [-0.3, -0.25) is 37.4 Å². The number of fused-ring (bicyclic) bond motifs is 2. The van der Waals surface area contributed by atoms with Crippen LogP contribution in [0.25, 0.3) is 38.5 Å². The lowest BCUT2D eigenvalue weighted by atomic mass is 10.0. The SMILES string of the molecule is Nc1c(N=Nc2ccc3c(O)c(N=Nc4ccc(N=Nc5c(-c6ccccc6)nn(-c6ccc(S(=O)(=O)O)cc6)c5O)c(S(=O)(=O)O)c4)c(S(=O)(=O)O)cc3c2S(=O)(=O)O)cc(S(=O)(=O)O)c2cc(SOOO)c(N=Nc3ccc([N+](=O)[O-])cc3S(=O)(=O)O)c(O)c12. The van der Waals surface area contributed by atoms with Crippen molar-refractivity contribution in [3.8, 4) is 34.3 Å². The highest BCUT2D eigenvalue weighted by atomic mass is 32.2. The van der Waals surface area contributed by atoms with Crippen LogP contribution >= 0.6 is 12.0 Å². The molecule has 0 saturated heterocycles. The van der Waals surface area contributed by atoms with Crippen LogP contribution in [-0.4, -0.2) is 113 Å². The van der Waals surface area contributed by atoms with Gasteiger partial charge in [0.2, 0.25) is 5.88 Å². The molecule has 8 aromatic carbocycles. The number of aromatic hydroxyl groups is 3. The zero-order valence-corrected chi connectivity index (χ0v) is 50.1. The van der Waals surface area contributed by atoms with E-state index in [-0.39, 0.29) is 23.4 Å². The van der Waals surface area contributed by atoms with Crippen LogP contribution in [-0.2, 0) is 70.1 Å². The summed E-state index contributed by atoms with van der Waals surface area (Å²) in [6, 6.07) is 19.5. The maximum Gasteiger partial charge on any atom is 0.297 e. The monoisotopic (exact) mass is 1400 g/mol. The van der Waals surface area contributed by atoms with Crippen molar-refractivity contribution in [3.63, 3.8) is 0 Å². The molecule has 0 aliphatic carbocycles. The molecule has 9 aromatic rings. The smallest absolute Gasteiger partial charge is 0.297 e. The summed E-state index contributed by atoms with van der Waals surface area (Å²) in [5.74, 6) is -3.31. The fraction of sp³-hybridized carbons (Fsp3) is 0. The van der Waals surface area contributed by atoms with Gasteiger partial charge < -0.3 is 21.1 Å². The molecule has 0 amide bonds. The van der Waals surface area contributed by atoms with E-state index in [0.29, 0.717) is 42.0 Å². The molecule has 12 N–H and O–H groups in total. The first-order valence-corrected chi connectivity index (χ1v) is 33.3. The second kappa shape index (κ2) is 24.8. The molecule has 0 radical (unpaired) electrons. The van der Waals surface area contributed by atoms with Crippen molar-refractivity contribution < 1.29 is 113 Å². The third kappa shape index (κ3) is 13.8. The number of hydrogen-bond acceptors (Lipinski definition) is 31. The quantitative estimate of drug-likeness (QED) is 0.00642. The van der Waals surface area contributed by atoms with Gasteiger partial charge in [0.05, 0.1) is 49.2 Å². The zero-order valence-electron chi connectivity index (χ0n) is 44.4. The molecule has 0 saturated carbocycles. The van der Waals surface area contributed by atoms with Crippen molar-refractivity contribution in [2.75, 3.05) is 5.73 Å². The van der Waals surface area contributed by atoms with Gasteiger partial charge in [0.15, 0.2) is 17.2 Å². The third-order valence-electron chi connectivity index (χ3n) is 12.4. The molecule has 1 aromatic heterocycles. The Kier molecular flexibility index (Phi) is 17.9. The van der Waals surface area contributed by atoms with Crippen molar-refractivity contribution in [1.29, 1.82) is 0 Å². The molecular formula is C47H32N12O26S7. The van der Waals surface area contributed by atoms with E-state index in [1.54, 1.807) is 18.2 Å². The van der Waals surface area contributed by atoms with E-state index in [1.807, 2.05) is 0 Å². The molecule has 0 aliphatic heterocycles. The second-order valence-electron chi connectivity index (χ2n) is 18.1. The second-order valence-corrected chi connectivity index (χ2v) is 27.2. The van der Waals surface area contributed by atoms with Crippen molar-refractivity contribution in [3.05, 3.63) is 131 Å². The lowest BCUT2D eigenvalue weighted by Gasteiger charge is -2.15. The van der Waals surface area contributed by atoms with Crippen molar-refractivity contribution in [2.24, 2.45) is 40.9 Å². The molecule has 38 nitrogen and oxygen atoms in total. The zero-order chi connectivity index (χ0) is 67.4. The average Bonchev–Trinajstić information content (AvgIpc) is 0.971. The van der Waals surface area contributed by atoms with Crippen molar-refractivity contribution in [2.45, 2.75) is 34.3 Å². The predicted octanol–water partition coefficient (Wildman–Crippen LogP) is 10.0. The highest BCUT2D eigenvalue weighted by molar-refractivity contribution is 7.94. The summed E-state index contributed by atoms with van der Waals surface area (Å²) in [6.07, 6.45) is 0. The Hall–Kier alpha value is -9.82. The topological polar surface area (TPSA) is 611 Å². The number of hydrogen-bond donors (Lipinski definition) is 11. The summed E-state index contributed by atoms with van der Waals surface area (Å²) in [5.41, 5.74) is -1.50. The van der Waals surface area contributed by atoms with Gasteiger partial charge in [-0.2, -0.15) is 65.4 Å². The van der Waals surface area contributed by atoms with Gasteiger partial charge in [-0.05, 0) is 78.9 Å². The minimum Gasteiger partial charge on any atom is -0.505 e. The van der Waals surface area contributed by atoms with Crippen LogP contribution < -0.4 is 5.73 Å². The normalized spacial score (nSPS) is 13.0. The Bertz CT molecular complexity index is 5470. The van der Waals surface area contributed by atoms with Gasteiger partial charge in [-0.15, -0.1) is 40.1 Å². The Morgan fingerprint density at radius 1 is 0.511 bits per heavy atom.